The number of rotatable bonds is 3. The summed E-state index contributed by atoms with van der Waals surface area (Å²) >= 11 is 0. The molecular weight excluding hydrogens is 298 g/mol. The summed E-state index contributed by atoms with van der Waals surface area (Å²) in [6, 6.07) is 13.8. The van der Waals surface area contributed by atoms with Crippen molar-refractivity contribution >= 4 is 26.5 Å². The standard InChI is InChI=1S/C16H17N3O2S/c1-22(20,21)18-13-8-9-19(11-13)16-7-6-12(10-17)14-4-2-3-5-15(14)16/h2-7,13,18H,8-9,11H2,1H3. The van der Waals surface area contributed by atoms with E-state index in [1.807, 2.05) is 36.4 Å². The van der Waals surface area contributed by atoms with Crippen molar-refractivity contribution in [3.63, 3.8) is 0 Å². The van der Waals surface area contributed by atoms with Gasteiger partial charge in [0.25, 0.3) is 0 Å². The second-order valence-electron chi connectivity index (χ2n) is 5.61. The Morgan fingerprint density at radius 3 is 2.64 bits per heavy atom. The molecule has 1 fully saturated rings. The quantitative estimate of drug-likeness (QED) is 0.938. The van der Waals surface area contributed by atoms with Crippen molar-refractivity contribution in [2.75, 3.05) is 24.2 Å². The molecule has 1 aliphatic heterocycles. The number of anilines is 1. The van der Waals surface area contributed by atoms with E-state index in [2.05, 4.69) is 15.7 Å². The van der Waals surface area contributed by atoms with Crippen LogP contribution in [0.15, 0.2) is 36.4 Å². The van der Waals surface area contributed by atoms with Crippen molar-refractivity contribution < 1.29 is 8.42 Å². The van der Waals surface area contributed by atoms with Gasteiger partial charge in [0.15, 0.2) is 0 Å². The van der Waals surface area contributed by atoms with Gasteiger partial charge in [0.1, 0.15) is 0 Å². The molecule has 2 aromatic carbocycles. The molecule has 6 heteroatoms. The van der Waals surface area contributed by atoms with E-state index in [9.17, 15) is 13.7 Å². The lowest BCUT2D eigenvalue weighted by Gasteiger charge is -2.21. The van der Waals surface area contributed by atoms with Gasteiger partial charge in [-0.25, -0.2) is 13.1 Å². The number of benzene rings is 2. The highest BCUT2D eigenvalue weighted by Crippen LogP contribution is 2.31. The number of fused-ring (bicyclic) bond motifs is 1. The van der Waals surface area contributed by atoms with Crippen LogP contribution in [0.3, 0.4) is 0 Å². The Bertz CT molecular complexity index is 855. The first-order valence-electron chi connectivity index (χ1n) is 7.12. The number of nitrogens with one attached hydrogen (secondary N) is 1. The largest absolute Gasteiger partial charge is 0.369 e. The van der Waals surface area contributed by atoms with Crippen molar-refractivity contribution in [1.82, 2.24) is 4.72 Å². The summed E-state index contributed by atoms with van der Waals surface area (Å²) in [6.07, 6.45) is 1.97. The summed E-state index contributed by atoms with van der Waals surface area (Å²) in [4.78, 5) is 2.17. The van der Waals surface area contributed by atoms with Gasteiger partial charge in [-0.1, -0.05) is 24.3 Å². The lowest BCUT2D eigenvalue weighted by Crippen LogP contribution is -2.36. The highest BCUT2D eigenvalue weighted by molar-refractivity contribution is 7.88. The molecule has 0 saturated carbocycles. The van der Waals surface area contributed by atoms with Crippen LogP contribution in [0.5, 0.6) is 0 Å². The van der Waals surface area contributed by atoms with E-state index >= 15 is 0 Å². The average Bonchev–Trinajstić information content (AvgIpc) is 2.92. The SMILES string of the molecule is CS(=O)(=O)NC1CCN(c2ccc(C#N)c3ccccc23)C1. The normalized spacial score (nSPS) is 18.5. The molecule has 0 radical (unpaired) electrons. The van der Waals surface area contributed by atoms with Gasteiger partial charge >= 0.3 is 0 Å². The Balaban J connectivity index is 1.94. The van der Waals surface area contributed by atoms with Crippen molar-refractivity contribution in [3.8, 4) is 6.07 Å². The fraction of sp³-hybridized carbons (Fsp3) is 0.312. The minimum absolute atomic E-state index is 0.0654. The zero-order valence-electron chi connectivity index (χ0n) is 12.3. The van der Waals surface area contributed by atoms with Crippen LogP contribution in [-0.2, 0) is 10.0 Å². The summed E-state index contributed by atoms with van der Waals surface area (Å²) in [5.74, 6) is 0. The van der Waals surface area contributed by atoms with Crippen LogP contribution in [0.2, 0.25) is 0 Å². The molecule has 0 spiro atoms. The zero-order chi connectivity index (χ0) is 15.7. The molecule has 1 atom stereocenters. The number of hydrogen-bond donors (Lipinski definition) is 1. The predicted molar refractivity (Wildman–Crippen MR) is 87.3 cm³/mol. The Hall–Kier alpha value is -2.10. The van der Waals surface area contributed by atoms with E-state index in [1.165, 1.54) is 6.26 Å². The molecule has 3 rings (SSSR count). The van der Waals surface area contributed by atoms with Crippen molar-refractivity contribution in [2.24, 2.45) is 0 Å². The minimum atomic E-state index is -3.19. The monoisotopic (exact) mass is 315 g/mol. The lowest BCUT2D eigenvalue weighted by molar-refractivity contribution is 0.567. The van der Waals surface area contributed by atoms with Crippen molar-refractivity contribution in [2.45, 2.75) is 12.5 Å². The maximum atomic E-state index is 11.4. The second-order valence-corrected chi connectivity index (χ2v) is 7.39. The van der Waals surface area contributed by atoms with Gasteiger partial charge in [-0.05, 0) is 18.6 Å². The molecule has 2 aromatic rings. The van der Waals surface area contributed by atoms with Gasteiger partial charge in [0.05, 0.1) is 17.9 Å². The van der Waals surface area contributed by atoms with Gasteiger partial charge < -0.3 is 4.90 Å². The smallest absolute Gasteiger partial charge is 0.209 e. The zero-order valence-corrected chi connectivity index (χ0v) is 13.1. The van der Waals surface area contributed by atoms with E-state index in [1.54, 1.807) is 0 Å². The van der Waals surface area contributed by atoms with E-state index in [0.29, 0.717) is 12.1 Å². The van der Waals surface area contributed by atoms with E-state index in [4.69, 9.17) is 0 Å². The average molecular weight is 315 g/mol. The van der Waals surface area contributed by atoms with Crippen LogP contribution in [0.25, 0.3) is 10.8 Å². The number of nitrogens with zero attached hydrogens (tertiary/aromatic N) is 2. The maximum Gasteiger partial charge on any atom is 0.209 e. The number of nitriles is 1. The molecule has 0 bridgehead atoms. The summed E-state index contributed by atoms with van der Waals surface area (Å²) in [5, 5.41) is 11.2. The Kier molecular flexibility index (Phi) is 3.77. The van der Waals surface area contributed by atoms with Gasteiger partial charge in [-0.2, -0.15) is 5.26 Å². The molecule has 114 valence electrons. The third kappa shape index (κ3) is 2.91. The third-order valence-electron chi connectivity index (χ3n) is 3.93. The molecule has 1 heterocycles. The number of sulfonamides is 1. The minimum Gasteiger partial charge on any atom is -0.369 e. The molecule has 5 nitrogen and oxygen atoms in total. The van der Waals surface area contributed by atoms with Gasteiger partial charge in [0.2, 0.25) is 10.0 Å². The van der Waals surface area contributed by atoms with Crippen LogP contribution >= 0.6 is 0 Å². The van der Waals surface area contributed by atoms with E-state index in [-0.39, 0.29) is 6.04 Å². The predicted octanol–water partition coefficient (Wildman–Crippen LogP) is 1.84. The molecule has 22 heavy (non-hydrogen) atoms. The van der Waals surface area contributed by atoms with Crippen molar-refractivity contribution in [1.29, 1.82) is 5.26 Å². The summed E-state index contributed by atoms with van der Waals surface area (Å²) in [7, 11) is -3.19. The highest BCUT2D eigenvalue weighted by Gasteiger charge is 2.26. The van der Waals surface area contributed by atoms with Gasteiger partial charge in [0, 0.05) is 35.6 Å². The molecular formula is C16H17N3O2S. The molecule has 1 aliphatic rings. The lowest BCUT2D eigenvalue weighted by atomic mass is 10.0. The third-order valence-corrected chi connectivity index (χ3v) is 4.69. The first-order valence-corrected chi connectivity index (χ1v) is 9.01. The van der Waals surface area contributed by atoms with Crippen LogP contribution in [0.4, 0.5) is 5.69 Å². The summed E-state index contributed by atoms with van der Waals surface area (Å²) in [6.45, 7) is 1.44. The van der Waals surface area contributed by atoms with Gasteiger partial charge in [-0.15, -0.1) is 0 Å². The van der Waals surface area contributed by atoms with Crippen LogP contribution < -0.4 is 9.62 Å². The van der Waals surface area contributed by atoms with Gasteiger partial charge in [-0.3, -0.25) is 0 Å². The van der Waals surface area contributed by atoms with Crippen LogP contribution in [0, 0.1) is 11.3 Å². The van der Waals surface area contributed by atoms with Crippen LogP contribution in [0.1, 0.15) is 12.0 Å². The molecule has 1 unspecified atom stereocenters. The van der Waals surface area contributed by atoms with Crippen LogP contribution in [-0.4, -0.2) is 33.8 Å². The fourth-order valence-electron chi connectivity index (χ4n) is 3.03. The first kappa shape index (κ1) is 14.8. The Morgan fingerprint density at radius 2 is 1.95 bits per heavy atom. The second kappa shape index (κ2) is 5.59. The fourth-order valence-corrected chi connectivity index (χ4v) is 3.83. The van der Waals surface area contributed by atoms with E-state index < -0.39 is 10.0 Å². The topological polar surface area (TPSA) is 73.2 Å². The molecule has 1 N–H and O–H groups in total. The van der Waals surface area contributed by atoms with E-state index in [0.717, 1.165) is 29.4 Å². The Morgan fingerprint density at radius 1 is 1.23 bits per heavy atom. The maximum absolute atomic E-state index is 11.4. The molecule has 0 aromatic heterocycles. The summed E-state index contributed by atoms with van der Waals surface area (Å²) < 4.78 is 25.4. The first-order chi connectivity index (χ1) is 10.5. The molecule has 1 saturated heterocycles. The summed E-state index contributed by atoms with van der Waals surface area (Å²) in [5.41, 5.74) is 1.71. The number of hydrogen-bond acceptors (Lipinski definition) is 4. The molecule has 0 aliphatic carbocycles. The Labute approximate surface area is 130 Å². The van der Waals surface area contributed by atoms with Crippen molar-refractivity contribution in [3.05, 3.63) is 42.0 Å². The molecule has 0 amide bonds. The highest BCUT2D eigenvalue weighted by atomic mass is 32.2.